The maximum absolute atomic E-state index is 6.42. The molecule has 1 aromatic carbocycles. The van der Waals surface area contributed by atoms with E-state index in [-0.39, 0.29) is 0 Å². The number of rotatable bonds is 3. The Morgan fingerprint density at radius 1 is 1.07 bits per heavy atom. The maximum atomic E-state index is 6.42. The van der Waals surface area contributed by atoms with Crippen molar-refractivity contribution in [2.75, 3.05) is 19.1 Å². The molecule has 3 atom stereocenters. The van der Waals surface area contributed by atoms with E-state index in [1.54, 1.807) is 7.11 Å². The Hall–Kier alpha value is -2.56. The first-order chi connectivity index (χ1) is 13.6. The molecular formula is C23H27N3O2. The molecule has 2 aromatic heterocycles. The van der Waals surface area contributed by atoms with Gasteiger partial charge in [0.15, 0.2) is 0 Å². The van der Waals surface area contributed by atoms with Gasteiger partial charge in [-0.25, -0.2) is 4.98 Å². The van der Waals surface area contributed by atoms with Crippen molar-refractivity contribution in [1.82, 2.24) is 9.97 Å². The third-order valence-corrected chi connectivity index (χ3v) is 6.70. The summed E-state index contributed by atoms with van der Waals surface area (Å²) in [7, 11) is 3.75. The Morgan fingerprint density at radius 2 is 1.82 bits per heavy atom. The van der Waals surface area contributed by atoms with E-state index in [2.05, 4.69) is 36.0 Å². The van der Waals surface area contributed by atoms with Gasteiger partial charge in [0.25, 0.3) is 0 Å². The van der Waals surface area contributed by atoms with Gasteiger partial charge in [0.05, 0.1) is 12.5 Å². The molecule has 146 valence electrons. The van der Waals surface area contributed by atoms with Crippen molar-refractivity contribution >= 4 is 22.6 Å². The van der Waals surface area contributed by atoms with E-state index < -0.39 is 0 Å². The van der Waals surface area contributed by atoms with Gasteiger partial charge in [0.2, 0.25) is 5.71 Å². The summed E-state index contributed by atoms with van der Waals surface area (Å²) in [5.74, 6) is 5.52. The minimum atomic E-state index is 0.469. The molecule has 0 spiro atoms. The number of hydrogen-bond donors (Lipinski definition) is 0. The highest BCUT2D eigenvalue weighted by molar-refractivity contribution is 5.93. The van der Waals surface area contributed by atoms with Crippen LogP contribution in [0.5, 0.6) is 5.75 Å². The molecule has 2 heterocycles. The molecular weight excluding hydrogens is 350 g/mol. The van der Waals surface area contributed by atoms with E-state index in [0.29, 0.717) is 11.8 Å². The second-order valence-electron chi connectivity index (χ2n) is 8.33. The summed E-state index contributed by atoms with van der Waals surface area (Å²) in [6.45, 7) is 4.27. The Labute approximate surface area is 165 Å². The molecule has 2 unspecified atom stereocenters. The van der Waals surface area contributed by atoms with Gasteiger partial charge in [-0.05, 0) is 68.7 Å². The number of fused-ring (bicyclic) bond motifs is 5. The molecule has 0 radical (unpaired) electrons. The van der Waals surface area contributed by atoms with Crippen molar-refractivity contribution in [2.45, 2.75) is 51.4 Å². The number of nitrogens with zero attached hydrogens (tertiary/aromatic N) is 3. The fraction of sp³-hybridized carbons (Fsp3) is 0.478. The minimum absolute atomic E-state index is 0.469. The fourth-order valence-corrected chi connectivity index (χ4v) is 4.93. The Kier molecular flexibility index (Phi) is 4.07. The van der Waals surface area contributed by atoms with Gasteiger partial charge in [0.1, 0.15) is 23.2 Å². The molecule has 1 saturated carbocycles. The molecule has 0 saturated heterocycles. The molecule has 5 nitrogen and oxygen atoms in total. The number of anilines is 2. The van der Waals surface area contributed by atoms with Crippen LogP contribution in [0.2, 0.25) is 0 Å². The zero-order valence-electron chi connectivity index (χ0n) is 17.0. The van der Waals surface area contributed by atoms with Crippen LogP contribution in [0.3, 0.4) is 0 Å². The van der Waals surface area contributed by atoms with Crippen molar-refractivity contribution in [3.05, 3.63) is 41.4 Å². The number of benzene rings is 1. The summed E-state index contributed by atoms with van der Waals surface area (Å²) < 4.78 is 11.7. The number of furan rings is 1. The SMILES string of the molecule is COc1ccc(N(C)c2nc(C)nc3oc4c(c23)C(C)CCC2CC[C@@H]42)cc1. The number of aromatic nitrogens is 2. The first-order valence-electron chi connectivity index (χ1n) is 10.3. The molecule has 5 heteroatoms. The van der Waals surface area contributed by atoms with E-state index in [1.165, 1.54) is 37.0 Å². The third-order valence-electron chi connectivity index (χ3n) is 6.70. The molecule has 5 rings (SSSR count). The molecule has 0 N–H and O–H groups in total. The van der Waals surface area contributed by atoms with Crippen LogP contribution in [0.25, 0.3) is 11.1 Å². The lowest BCUT2D eigenvalue weighted by molar-refractivity contribution is 0.215. The second kappa shape index (κ2) is 6.50. The lowest BCUT2D eigenvalue weighted by Gasteiger charge is -2.34. The highest BCUT2D eigenvalue weighted by atomic mass is 16.5. The Morgan fingerprint density at radius 3 is 2.50 bits per heavy atom. The summed E-state index contributed by atoms with van der Waals surface area (Å²) in [4.78, 5) is 11.7. The van der Waals surface area contributed by atoms with Crippen LogP contribution in [0, 0.1) is 12.8 Å². The van der Waals surface area contributed by atoms with Gasteiger partial charge in [-0.15, -0.1) is 0 Å². The van der Waals surface area contributed by atoms with E-state index in [9.17, 15) is 0 Å². The summed E-state index contributed by atoms with van der Waals surface area (Å²) in [6.07, 6.45) is 5.08. The van der Waals surface area contributed by atoms with Crippen LogP contribution < -0.4 is 9.64 Å². The van der Waals surface area contributed by atoms with E-state index in [4.69, 9.17) is 14.1 Å². The van der Waals surface area contributed by atoms with Crippen LogP contribution in [0.1, 0.15) is 61.6 Å². The van der Waals surface area contributed by atoms with Crippen molar-refractivity contribution in [1.29, 1.82) is 0 Å². The normalized spacial score (nSPS) is 23.5. The van der Waals surface area contributed by atoms with E-state index in [1.807, 2.05) is 19.1 Å². The van der Waals surface area contributed by atoms with Crippen LogP contribution in [-0.4, -0.2) is 24.1 Å². The number of aryl methyl sites for hydroxylation is 1. The standard InChI is InChI=1S/C23H27N3O2/c1-13-5-6-15-7-12-18(15)21-19(13)20-22(24-14(2)25-23(20)28-21)26(3)16-8-10-17(27-4)11-9-16/h8-11,13,15,18H,5-7,12H2,1-4H3/t13?,15?,18-/m1/s1. The number of ether oxygens (including phenoxy) is 1. The molecule has 2 aliphatic carbocycles. The topological polar surface area (TPSA) is 51.4 Å². The highest BCUT2D eigenvalue weighted by Gasteiger charge is 2.41. The molecule has 0 amide bonds. The van der Waals surface area contributed by atoms with Gasteiger partial charge < -0.3 is 14.1 Å². The van der Waals surface area contributed by atoms with Crippen LogP contribution >= 0.6 is 0 Å². The molecule has 1 fully saturated rings. The van der Waals surface area contributed by atoms with Crippen molar-refractivity contribution in [3.8, 4) is 5.75 Å². The van der Waals surface area contributed by atoms with Gasteiger partial charge in [-0.1, -0.05) is 6.92 Å². The quantitative estimate of drug-likeness (QED) is 0.586. The summed E-state index contributed by atoms with van der Waals surface area (Å²) >= 11 is 0. The van der Waals surface area contributed by atoms with Gasteiger partial charge >= 0.3 is 0 Å². The zero-order chi connectivity index (χ0) is 19.4. The molecule has 0 bridgehead atoms. The van der Waals surface area contributed by atoms with Crippen LogP contribution in [0.4, 0.5) is 11.5 Å². The fourth-order valence-electron chi connectivity index (χ4n) is 4.93. The Bertz CT molecular complexity index is 1020. The first kappa shape index (κ1) is 17.5. The average molecular weight is 377 g/mol. The molecule has 2 aliphatic rings. The van der Waals surface area contributed by atoms with Crippen molar-refractivity contribution in [3.63, 3.8) is 0 Å². The summed E-state index contributed by atoms with van der Waals surface area (Å²) in [5.41, 5.74) is 3.16. The predicted molar refractivity (Wildman–Crippen MR) is 111 cm³/mol. The van der Waals surface area contributed by atoms with E-state index in [0.717, 1.165) is 40.1 Å². The smallest absolute Gasteiger partial charge is 0.232 e. The van der Waals surface area contributed by atoms with Crippen molar-refractivity contribution < 1.29 is 9.15 Å². The van der Waals surface area contributed by atoms with Gasteiger partial charge in [-0.2, -0.15) is 4.98 Å². The van der Waals surface area contributed by atoms with E-state index >= 15 is 0 Å². The molecule has 0 aliphatic heterocycles. The lowest BCUT2D eigenvalue weighted by Crippen LogP contribution is -2.22. The largest absolute Gasteiger partial charge is 0.497 e. The monoisotopic (exact) mass is 377 g/mol. The Balaban J connectivity index is 1.69. The van der Waals surface area contributed by atoms with Crippen molar-refractivity contribution in [2.24, 2.45) is 5.92 Å². The molecule has 3 aromatic rings. The summed E-state index contributed by atoms with van der Waals surface area (Å²) in [6, 6.07) is 8.08. The minimum Gasteiger partial charge on any atom is -0.497 e. The number of hydrogen-bond acceptors (Lipinski definition) is 5. The maximum Gasteiger partial charge on any atom is 0.232 e. The lowest BCUT2D eigenvalue weighted by atomic mass is 9.71. The zero-order valence-corrected chi connectivity index (χ0v) is 17.0. The van der Waals surface area contributed by atoms with Gasteiger partial charge in [-0.3, -0.25) is 0 Å². The predicted octanol–water partition coefficient (Wildman–Crippen LogP) is 5.70. The highest BCUT2D eigenvalue weighted by Crippen LogP contribution is 2.54. The van der Waals surface area contributed by atoms with Gasteiger partial charge in [0, 0.05) is 24.2 Å². The molecule has 28 heavy (non-hydrogen) atoms. The third kappa shape index (κ3) is 2.60. The number of methoxy groups -OCH3 is 1. The summed E-state index contributed by atoms with van der Waals surface area (Å²) in [5, 5.41) is 1.10. The van der Waals surface area contributed by atoms with Crippen LogP contribution in [0.15, 0.2) is 28.7 Å². The van der Waals surface area contributed by atoms with Crippen LogP contribution in [-0.2, 0) is 0 Å². The first-order valence-corrected chi connectivity index (χ1v) is 10.3. The second-order valence-corrected chi connectivity index (χ2v) is 8.33. The average Bonchev–Trinajstić information content (AvgIpc) is 3.00.